The molecule has 0 aliphatic rings. The maximum atomic E-state index is 13.4. The number of ketones is 1. The molecule has 25 heteroatoms. The quantitative estimate of drug-likeness (QED) is 0.0200. The second-order valence-electron chi connectivity index (χ2n) is 25.4. The number of Topliss-reactive ketones (excluding diaryl/α,β-unsaturated/α-hetero) is 1. The van der Waals surface area contributed by atoms with Gasteiger partial charge in [-0.3, -0.25) is 47.9 Å². The SMILES string of the molecule is C#CCCC(=O)NCCOCCC(=O)N[C@H](CCCCNC(=O)CCC(NC(=O)CCCCCCCCCCCCCCC)C(=O)O)C(=O)NCCOCCC(=O)N[C@H](CCCCNC(=O)CCC(NC(=O)CCCCCCCCCCCCCCCCC(=O)O)C(=O)O)C(C)=O. The van der Waals surface area contributed by atoms with Gasteiger partial charge in [-0.2, -0.15) is 0 Å². The summed E-state index contributed by atoms with van der Waals surface area (Å²) < 4.78 is 11.1. The summed E-state index contributed by atoms with van der Waals surface area (Å²) in [5, 5.41) is 49.5. The first-order chi connectivity index (χ1) is 46.8. The highest BCUT2D eigenvalue weighted by Crippen LogP contribution is 2.16. The lowest BCUT2D eigenvalue weighted by atomic mass is 10.0. The van der Waals surface area contributed by atoms with Crippen molar-refractivity contribution >= 4 is 70.9 Å². The van der Waals surface area contributed by atoms with Crippen LogP contribution in [0.25, 0.3) is 0 Å². The van der Waals surface area contributed by atoms with E-state index >= 15 is 0 Å². The average molecular weight is 1380 g/mol. The van der Waals surface area contributed by atoms with E-state index in [0.29, 0.717) is 51.4 Å². The molecule has 556 valence electrons. The Labute approximate surface area is 579 Å². The lowest BCUT2D eigenvalue weighted by molar-refractivity contribution is -0.142. The molecule has 0 spiro atoms. The molecule has 0 aromatic carbocycles. The number of carboxylic acid groups (broad SMARTS) is 3. The lowest BCUT2D eigenvalue weighted by Crippen LogP contribution is -2.47. The molecule has 0 radical (unpaired) electrons. The van der Waals surface area contributed by atoms with Gasteiger partial charge in [0.05, 0.1) is 32.5 Å². The summed E-state index contributed by atoms with van der Waals surface area (Å²) in [6, 6.07) is -4.15. The number of hydrogen-bond donors (Lipinski definition) is 11. The zero-order valence-corrected chi connectivity index (χ0v) is 59.2. The standard InChI is InChI=1S/C72H126N8O17/c1-4-6-8-9-10-11-12-15-18-21-24-27-30-40-66(86)80-61(72(94)95)44-46-64(84)74-50-36-34-38-59(78-68(88)48-54-96-55-51-75-62(82)39-7-5-2)70(91)76-52-56-97-53-47-67(87)77-58(57(3)81)37-33-35-49-73-63(83)45-43-60(71(92)93)79-65(85)41-31-28-25-22-19-16-13-14-17-20-23-26-29-32-42-69(89)90/h2,58-61H,4,6-56H2,1,3H3,(H,73,83)(H,74,84)(H,75,82)(H,76,91)(H,77,87)(H,78,88)(H,79,85)(H,80,86)(H,89,90)(H,92,93)(H,94,95)/t58-,59-,60?,61?/m1/s1. The van der Waals surface area contributed by atoms with Gasteiger partial charge in [0.1, 0.15) is 18.1 Å². The third-order valence-corrected chi connectivity index (χ3v) is 16.7. The summed E-state index contributed by atoms with van der Waals surface area (Å²) in [5.74, 6) is -4.14. The predicted molar refractivity (Wildman–Crippen MR) is 373 cm³/mol. The van der Waals surface area contributed by atoms with E-state index in [4.69, 9.17) is 21.0 Å². The van der Waals surface area contributed by atoms with E-state index in [1.807, 2.05) is 0 Å². The molecule has 2 unspecified atom stereocenters. The molecular weight excluding hydrogens is 1250 g/mol. The van der Waals surface area contributed by atoms with Crippen molar-refractivity contribution in [3.63, 3.8) is 0 Å². The van der Waals surface area contributed by atoms with E-state index in [2.05, 4.69) is 55.4 Å². The van der Waals surface area contributed by atoms with Gasteiger partial charge >= 0.3 is 17.9 Å². The van der Waals surface area contributed by atoms with Gasteiger partial charge in [0, 0.05) is 84.0 Å². The first-order valence-electron chi connectivity index (χ1n) is 36.8. The second-order valence-corrected chi connectivity index (χ2v) is 25.4. The van der Waals surface area contributed by atoms with Crippen LogP contribution < -0.4 is 42.5 Å². The van der Waals surface area contributed by atoms with Crippen LogP contribution in [-0.2, 0) is 67.0 Å². The van der Waals surface area contributed by atoms with Crippen LogP contribution in [0, 0.1) is 12.3 Å². The fourth-order valence-electron chi connectivity index (χ4n) is 10.8. The molecule has 0 aliphatic heterocycles. The molecule has 8 amide bonds. The fraction of sp³-hybridized carbons (Fsp3) is 0.806. The predicted octanol–water partition coefficient (Wildman–Crippen LogP) is 9.08. The number of rotatable bonds is 69. The molecule has 97 heavy (non-hydrogen) atoms. The maximum Gasteiger partial charge on any atom is 0.326 e. The van der Waals surface area contributed by atoms with E-state index in [9.17, 15) is 67.7 Å². The minimum atomic E-state index is -1.22. The largest absolute Gasteiger partial charge is 0.481 e. The van der Waals surface area contributed by atoms with Gasteiger partial charge < -0.3 is 67.3 Å². The Hall–Kier alpha value is -6.68. The number of amides is 8. The third-order valence-electron chi connectivity index (χ3n) is 16.7. The highest BCUT2D eigenvalue weighted by Gasteiger charge is 2.24. The fourth-order valence-corrected chi connectivity index (χ4v) is 10.8. The molecule has 11 N–H and O–H groups in total. The number of hydrogen-bond acceptors (Lipinski definition) is 14. The van der Waals surface area contributed by atoms with Crippen LogP contribution in [0.4, 0.5) is 0 Å². The normalized spacial score (nSPS) is 12.2. The Balaban J connectivity index is 4.73. The molecule has 0 fully saturated rings. The minimum Gasteiger partial charge on any atom is -0.481 e. The average Bonchev–Trinajstić information content (AvgIpc) is 1.43. The Kier molecular flexibility index (Phi) is 59.6. The summed E-state index contributed by atoms with van der Waals surface area (Å²) in [5.41, 5.74) is 0. The van der Waals surface area contributed by atoms with Crippen molar-refractivity contribution in [3.8, 4) is 12.3 Å². The molecule has 0 heterocycles. The van der Waals surface area contributed by atoms with Crippen LogP contribution in [-0.4, -0.2) is 163 Å². The van der Waals surface area contributed by atoms with Gasteiger partial charge in [-0.05, 0) is 77.6 Å². The number of carbonyl (C=O) groups is 12. The van der Waals surface area contributed by atoms with Crippen molar-refractivity contribution in [1.29, 1.82) is 0 Å². The molecule has 0 aromatic heterocycles. The van der Waals surface area contributed by atoms with Gasteiger partial charge in [0.2, 0.25) is 47.3 Å². The van der Waals surface area contributed by atoms with Crippen molar-refractivity contribution in [3.05, 3.63) is 0 Å². The van der Waals surface area contributed by atoms with Gasteiger partial charge in [0.15, 0.2) is 5.78 Å². The number of ether oxygens (including phenoxy) is 2. The minimum absolute atomic E-state index is 0.0181. The zero-order valence-electron chi connectivity index (χ0n) is 59.2. The molecule has 4 atom stereocenters. The highest BCUT2D eigenvalue weighted by atomic mass is 16.5. The van der Waals surface area contributed by atoms with Gasteiger partial charge in [0.25, 0.3) is 0 Å². The number of carboxylic acids is 3. The maximum absolute atomic E-state index is 13.4. The van der Waals surface area contributed by atoms with E-state index in [1.165, 1.54) is 96.8 Å². The van der Waals surface area contributed by atoms with Crippen LogP contribution >= 0.6 is 0 Å². The van der Waals surface area contributed by atoms with E-state index < -0.39 is 65.7 Å². The second kappa shape index (κ2) is 64.0. The van der Waals surface area contributed by atoms with Gasteiger partial charge in [-0.25, -0.2) is 9.59 Å². The summed E-state index contributed by atoms with van der Waals surface area (Å²) in [6.45, 7) is 4.47. The lowest BCUT2D eigenvalue weighted by Gasteiger charge is -2.19. The first-order valence-corrected chi connectivity index (χ1v) is 36.8. The molecule has 25 nitrogen and oxygen atoms in total. The molecule has 0 rings (SSSR count). The van der Waals surface area contributed by atoms with Crippen molar-refractivity contribution in [2.75, 3.05) is 52.6 Å². The van der Waals surface area contributed by atoms with Gasteiger partial charge in [-0.15, -0.1) is 12.3 Å². The molecule has 0 bridgehead atoms. The van der Waals surface area contributed by atoms with E-state index in [1.54, 1.807) is 0 Å². The van der Waals surface area contributed by atoms with Crippen molar-refractivity contribution in [2.24, 2.45) is 0 Å². The number of unbranched alkanes of at least 4 members (excludes halogenated alkanes) is 27. The van der Waals surface area contributed by atoms with Crippen molar-refractivity contribution < 1.29 is 82.3 Å². The molecule has 0 saturated carbocycles. The van der Waals surface area contributed by atoms with Gasteiger partial charge in [-0.1, -0.05) is 161 Å². The Morgan fingerprint density at radius 1 is 0.330 bits per heavy atom. The van der Waals surface area contributed by atoms with Crippen LogP contribution in [0.1, 0.15) is 296 Å². The van der Waals surface area contributed by atoms with Crippen molar-refractivity contribution in [1.82, 2.24) is 42.5 Å². The Morgan fingerprint density at radius 2 is 0.660 bits per heavy atom. The summed E-state index contributed by atoms with van der Waals surface area (Å²) in [6.07, 6.45) is 38.0. The zero-order chi connectivity index (χ0) is 71.8. The Bertz CT molecular complexity index is 2250. The topological polar surface area (TPSA) is 380 Å². The molecule has 0 aliphatic carbocycles. The summed E-state index contributed by atoms with van der Waals surface area (Å²) >= 11 is 0. The number of terminal acetylenes is 1. The molecule has 0 aromatic rings. The Morgan fingerprint density at radius 3 is 1.04 bits per heavy atom. The summed E-state index contributed by atoms with van der Waals surface area (Å²) in [7, 11) is 0. The van der Waals surface area contributed by atoms with E-state index in [0.717, 1.165) is 70.6 Å². The van der Waals surface area contributed by atoms with E-state index in [-0.39, 0.29) is 153 Å². The molecule has 0 saturated heterocycles. The van der Waals surface area contributed by atoms with Crippen molar-refractivity contribution in [2.45, 2.75) is 321 Å². The summed E-state index contributed by atoms with van der Waals surface area (Å²) in [4.78, 5) is 148. The number of aliphatic carboxylic acids is 3. The first kappa shape index (κ1) is 90.3. The third kappa shape index (κ3) is 59.1. The van der Waals surface area contributed by atoms with Crippen LogP contribution in [0.3, 0.4) is 0 Å². The smallest absolute Gasteiger partial charge is 0.326 e. The number of carbonyl (C=O) groups excluding carboxylic acids is 9. The van der Waals surface area contributed by atoms with Crippen LogP contribution in [0.5, 0.6) is 0 Å². The van der Waals surface area contributed by atoms with Crippen LogP contribution in [0.2, 0.25) is 0 Å². The van der Waals surface area contributed by atoms with Crippen LogP contribution in [0.15, 0.2) is 0 Å². The number of nitrogens with one attached hydrogen (secondary N) is 8. The highest BCUT2D eigenvalue weighted by molar-refractivity contribution is 5.89. The monoisotopic (exact) mass is 1370 g/mol. The molecular formula is C72H126N8O17.